The summed E-state index contributed by atoms with van der Waals surface area (Å²) in [6, 6.07) is 7.78. The van der Waals surface area contributed by atoms with Gasteiger partial charge in [-0.05, 0) is 41.5 Å². The van der Waals surface area contributed by atoms with Gasteiger partial charge >= 0.3 is 0 Å². The van der Waals surface area contributed by atoms with Gasteiger partial charge in [-0.2, -0.15) is 0 Å². The average Bonchev–Trinajstić information content (AvgIpc) is 3.07. The van der Waals surface area contributed by atoms with Crippen LogP contribution in [0.3, 0.4) is 0 Å². The highest BCUT2D eigenvalue weighted by Crippen LogP contribution is 2.20. The summed E-state index contributed by atoms with van der Waals surface area (Å²) in [5.41, 5.74) is 1.22. The molecule has 0 spiro atoms. The smallest absolute Gasteiger partial charge is 0.143 e. The van der Waals surface area contributed by atoms with Crippen molar-refractivity contribution in [2.45, 2.75) is 31.8 Å². The Morgan fingerprint density at radius 2 is 2.10 bits per heavy atom. The molecule has 1 atom stereocenters. The lowest BCUT2D eigenvalue weighted by Gasteiger charge is -2.33. The number of aliphatic hydroxyl groups is 2. The number of benzene rings is 1. The summed E-state index contributed by atoms with van der Waals surface area (Å²) < 4.78 is 1.58. The predicted molar refractivity (Wildman–Crippen MR) is 77.9 cm³/mol. The van der Waals surface area contributed by atoms with E-state index in [-0.39, 0.29) is 19.3 Å². The van der Waals surface area contributed by atoms with E-state index >= 15 is 0 Å². The molecule has 0 amide bonds. The third-order valence-corrected chi connectivity index (χ3v) is 3.79. The van der Waals surface area contributed by atoms with Crippen molar-refractivity contribution >= 4 is 0 Å². The molecule has 114 valence electrons. The van der Waals surface area contributed by atoms with Crippen LogP contribution in [0.1, 0.15) is 31.9 Å². The topological polar surface area (TPSA) is 96.1 Å². The number of hydrogen-bond acceptors (Lipinski definition) is 6. The number of hydrogen-bond donors (Lipinski definition) is 3. The molecule has 3 N–H and O–H groups in total. The Labute approximate surface area is 123 Å². The minimum atomic E-state index is -0.676. The monoisotopic (exact) mass is 291 g/mol. The summed E-state index contributed by atoms with van der Waals surface area (Å²) in [5.74, 6) is 0. The SMILES string of the molecule is CCC(CO)(CO)NC(C)c1cccc(-n2cnnn2)c1. The fourth-order valence-corrected chi connectivity index (χ4v) is 2.23. The van der Waals surface area contributed by atoms with Gasteiger partial charge in [-0.3, -0.25) is 0 Å². The minimum Gasteiger partial charge on any atom is -0.394 e. The van der Waals surface area contributed by atoms with Crippen LogP contribution in [0.15, 0.2) is 30.6 Å². The molecular weight excluding hydrogens is 270 g/mol. The molecule has 2 rings (SSSR count). The van der Waals surface area contributed by atoms with Gasteiger partial charge in [-0.1, -0.05) is 19.1 Å². The summed E-state index contributed by atoms with van der Waals surface area (Å²) in [5, 5.41) is 33.5. The Morgan fingerprint density at radius 3 is 2.67 bits per heavy atom. The summed E-state index contributed by atoms with van der Waals surface area (Å²) in [6.07, 6.45) is 2.17. The molecule has 2 aromatic rings. The number of rotatable bonds is 7. The van der Waals surface area contributed by atoms with Crippen molar-refractivity contribution in [3.63, 3.8) is 0 Å². The molecule has 0 saturated heterocycles. The quantitative estimate of drug-likeness (QED) is 0.685. The number of aromatic nitrogens is 4. The van der Waals surface area contributed by atoms with Crippen molar-refractivity contribution in [3.8, 4) is 5.69 Å². The fraction of sp³-hybridized carbons (Fsp3) is 0.500. The molecule has 0 bridgehead atoms. The Bertz CT molecular complexity index is 546. The molecule has 1 heterocycles. The van der Waals surface area contributed by atoms with Gasteiger partial charge in [-0.25, -0.2) is 4.68 Å². The van der Waals surface area contributed by atoms with E-state index in [1.54, 1.807) is 4.68 Å². The van der Waals surface area contributed by atoms with Crippen LogP contribution in [0.2, 0.25) is 0 Å². The Hall–Kier alpha value is -1.83. The van der Waals surface area contributed by atoms with E-state index in [2.05, 4.69) is 20.8 Å². The molecule has 0 aliphatic carbocycles. The maximum absolute atomic E-state index is 9.52. The van der Waals surface area contributed by atoms with Crippen LogP contribution in [-0.2, 0) is 0 Å². The van der Waals surface area contributed by atoms with Crippen LogP contribution in [0.25, 0.3) is 5.69 Å². The van der Waals surface area contributed by atoms with Crippen LogP contribution < -0.4 is 5.32 Å². The third kappa shape index (κ3) is 3.44. The number of aliphatic hydroxyl groups excluding tert-OH is 2. The molecular formula is C14H21N5O2. The largest absolute Gasteiger partial charge is 0.394 e. The molecule has 0 saturated carbocycles. The lowest BCUT2D eigenvalue weighted by molar-refractivity contribution is 0.0793. The lowest BCUT2D eigenvalue weighted by Crippen LogP contribution is -2.52. The van der Waals surface area contributed by atoms with Crippen molar-refractivity contribution in [3.05, 3.63) is 36.2 Å². The highest BCUT2D eigenvalue weighted by atomic mass is 16.3. The second-order valence-electron chi connectivity index (χ2n) is 5.17. The molecule has 0 aliphatic rings. The number of nitrogens with one attached hydrogen (secondary N) is 1. The van der Waals surface area contributed by atoms with E-state index in [0.29, 0.717) is 6.42 Å². The zero-order valence-corrected chi connectivity index (χ0v) is 12.3. The first-order chi connectivity index (χ1) is 10.1. The molecule has 21 heavy (non-hydrogen) atoms. The van der Waals surface area contributed by atoms with Gasteiger partial charge in [-0.15, -0.1) is 5.10 Å². The molecule has 1 unspecified atom stereocenters. The second kappa shape index (κ2) is 6.75. The van der Waals surface area contributed by atoms with Crippen LogP contribution in [-0.4, -0.2) is 49.2 Å². The first-order valence-corrected chi connectivity index (χ1v) is 6.97. The lowest BCUT2D eigenvalue weighted by atomic mass is 9.95. The molecule has 1 aromatic heterocycles. The van der Waals surface area contributed by atoms with Gasteiger partial charge in [0.05, 0.1) is 24.4 Å². The number of tetrazole rings is 1. The molecule has 0 fully saturated rings. The maximum Gasteiger partial charge on any atom is 0.143 e. The Balaban J connectivity index is 2.20. The molecule has 0 radical (unpaired) electrons. The van der Waals surface area contributed by atoms with Crippen molar-refractivity contribution < 1.29 is 10.2 Å². The van der Waals surface area contributed by atoms with Crippen molar-refractivity contribution in [1.82, 2.24) is 25.5 Å². The first kappa shape index (κ1) is 15.6. The predicted octanol–water partition coefficient (Wildman–Crippen LogP) is 0.446. The van der Waals surface area contributed by atoms with E-state index in [1.807, 2.05) is 38.1 Å². The average molecular weight is 291 g/mol. The third-order valence-electron chi connectivity index (χ3n) is 3.79. The minimum absolute atomic E-state index is 0.0271. The van der Waals surface area contributed by atoms with E-state index in [1.165, 1.54) is 6.33 Å². The highest BCUT2D eigenvalue weighted by molar-refractivity contribution is 5.35. The van der Waals surface area contributed by atoms with Crippen LogP contribution in [0.5, 0.6) is 0 Å². The van der Waals surface area contributed by atoms with Gasteiger partial charge in [0.1, 0.15) is 6.33 Å². The summed E-state index contributed by atoms with van der Waals surface area (Å²) in [7, 11) is 0. The zero-order chi connectivity index (χ0) is 15.3. The van der Waals surface area contributed by atoms with Gasteiger partial charge in [0.25, 0.3) is 0 Å². The van der Waals surface area contributed by atoms with Crippen molar-refractivity contribution in [2.75, 3.05) is 13.2 Å². The van der Waals surface area contributed by atoms with Crippen LogP contribution >= 0.6 is 0 Å². The van der Waals surface area contributed by atoms with Gasteiger partial charge in [0.15, 0.2) is 0 Å². The van der Waals surface area contributed by atoms with Crippen molar-refractivity contribution in [2.24, 2.45) is 0 Å². The van der Waals surface area contributed by atoms with E-state index in [4.69, 9.17) is 0 Å². The van der Waals surface area contributed by atoms with E-state index in [9.17, 15) is 10.2 Å². The second-order valence-corrected chi connectivity index (χ2v) is 5.17. The summed E-state index contributed by atoms with van der Waals surface area (Å²) in [4.78, 5) is 0. The number of nitrogens with zero attached hydrogens (tertiary/aromatic N) is 4. The zero-order valence-electron chi connectivity index (χ0n) is 12.3. The van der Waals surface area contributed by atoms with E-state index in [0.717, 1.165) is 11.3 Å². The molecule has 7 heteroatoms. The van der Waals surface area contributed by atoms with Crippen LogP contribution in [0, 0.1) is 0 Å². The first-order valence-electron chi connectivity index (χ1n) is 6.97. The van der Waals surface area contributed by atoms with Crippen LogP contribution in [0.4, 0.5) is 0 Å². The van der Waals surface area contributed by atoms with E-state index < -0.39 is 5.54 Å². The normalized spacial score (nSPS) is 13.3. The molecule has 7 nitrogen and oxygen atoms in total. The molecule has 0 aliphatic heterocycles. The standard InChI is InChI=1S/C14H21N5O2/c1-3-14(8-20,9-21)16-11(2)12-5-4-6-13(7-12)19-10-15-17-18-19/h4-7,10-11,16,20-21H,3,8-9H2,1-2H3. The van der Waals surface area contributed by atoms with Gasteiger partial charge < -0.3 is 15.5 Å². The summed E-state index contributed by atoms with van der Waals surface area (Å²) >= 11 is 0. The fourth-order valence-electron chi connectivity index (χ4n) is 2.23. The highest BCUT2D eigenvalue weighted by Gasteiger charge is 2.28. The van der Waals surface area contributed by atoms with Crippen molar-refractivity contribution in [1.29, 1.82) is 0 Å². The summed E-state index contributed by atoms with van der Waals surface area (Å²) in [6.45, 7) is 3.70. The Kier molecular flexibility index (Phi) is 5.00. The molecule has 1 aromatic carbocycles. The van der Waals surface area contributed by atoms with Gasteiger partial charge in [0.2, 0.25) is 0 Å². The Morgan fingerprint density at radius 1 is 1.33 bits per heavy atom. The van der Waals surface area contributed by atoms with Gasteiger partial charge in [0, 0.05) is 6.04 Å². The maximum atomic E-state index is 9.52.